The highest BCUT2D eigenvalue weighted by atomic mass is 79.9. The highest BCUT2D eigenvalue weighted by molar-refractivity contribution is 9.10. The molecule has 0 spiro atoms. The molecule has 7 heteroatoms. The molecule has 1 amide bonds. The first-order valence-corrected chi connectivity index (χ1v) is 6.51. The highest BCUT2D eigenvalue weighted by Crippen LogP contribution is 2.36. The van der Waals surface area contributed by atoms with Gasteiger partial charge in [-0.05, 0) is 51.9 Å². The lowest BCUT2D eigenvalue weighted by Gasteiger charge is -2.10. The summed E-state index contributed by atoms with van der Waals surface area (Å²) in [5, 5.41) is 5.58. The Morgan fingerprint density at radius 1 is 1.26 bits per heavy atom. The van der Waals surface area contributed by atoms with Gasteiger partial charge in [-0.15, -0.1) is 0 Å². The molecule has 1 aromatic carbocycles. The topological polar surface area (TPSA) is 59.6 Å². The van der Waals surface area contributed by atoms with Crippen LogP contribution in [0.5, 0.6) is 11.5 Å². The molecule has 0 saturated carbocycles. The van der Waals surface area contributed by atoms with Crippen molar-refractivity contribution in [1.29, 1.82) is 0 Å². The Kier molecular flexibility index (Phi) is 4.06. The zero-order valence-electron chi connectivity index (χ0n) is 10.2. The normalized spacial score (nSPS) is 16.3. The Morgan fingerprint density at radius 2 is 2.00 bits per heavy atom. The highest BCUT2D eigenvalue weighted by Gasteiger charge is 2.20. The van der Waals surface area contributed by atoms with E-state index in [4.69, 9.17) is 21.7 Å². The van der Waals surface area contributed by atoms with E-state index in [9.17, 15) is 4.79 Å². The molecule has 0 radical (unpaired) electrons. The van der Waals surface area contributed by atoms with Crippen LogP contribution in [0.3, 0.4) is 0 Å². The minimum Gasteiger partial charge on any atom is -0.493 e. The number of halogens is 1. The molecule has 1 aliphatic rings. The number of amides is 1. The van der Waals surface area contributed by atoms with Crippen molar-refractivity contribution in [3.05, 3.63) is 27.9 Å². The van der Waals surface area contributed by atoms with Gasteiger partial charge in [-0.1, -0.05) is 0 Å². The van der Waals surface area contributed by atoms with Gasteiger partial charge < -0.3 is 14.8 Å². The fourth-order valence-electron chi connectivity index (χ4n) is 1.67. The van der Waals surface area contributed by atoms with Crippen LogP contribution in [0.15, 0.2) is 22.3 Å². The molecule has 100 valence electrons. The van der Waals surface area contributed by atoms with Crippen LogP contribution in [0.4, 0.5) is 0 Å². The number of methoxy groups -OCH3 is 2. The van der Waals surface area contributed by atoms with Gasteiger partial charge in [-0.25, -0.2) is 0 Å². The number of hydrogen-bond acceptors (Lipinski definition) is 4. The number of hydrogen-bond donors (Lipinski definition) is 2. The fourth-order valence-corrected chi connectivity index (χ4v) is 2.49. The van der Waals surface area contributed by atoms with Gasteiger partial charge in [-0.2, -0.15) is 0 Å². The van der Waals surface area contributed by atoms with E-state index < -0.39 is 0 Å². The lowest BCUT2D eigenvalue weighted by atomic mass is 10.1. The van der Waals surface area contributed by atoms with Crippen LogP contribution in [-0.2, 0) is 4.79 Å². The van der Waals surface area contributed by atoms with Gasteiger partial charge in [0.05, 0.1) is 18.7 Å². The van der Waals surface area contributed by atoms with Gasteiger partial charge in [0.1, 0.15) is 5.70 Å². The SMILES string of the molecule is COc1cc(C=C2NC(=S)NC2=O)cc(Br)c1OC. The molecule has 5 nitrogen and oxygen atoms in total. The monoisotopic (exact) mass is 342 g/mol. The van der Waals surface area contributed by atoms with Crippen LogP contribution >= 0.6 is 28.1 Å². The summed E-state index contributed by atoms with van der Waals surface area (Å²) in [6.45, 7) is 0. The van der Waals surface area contributed by atoms with E-state index in [0.717, 1.165) is 10.0 Å². The molecule has 1 heterocycles. The van der Waals surface area contributed by atoms with Gasteiger partial charge in [0.2, 0.25) is 0 Å². The van der Waals surface area contributed by atoms with Gasteiger partial charge >= 0.3 is 0 Å². The van der Waals surface area contributed by atoms with Gasteiger partial charge in [0.25, 0.3) is 5.91 Å². The average molecular weight is 343 g/mol. The number of carbonyl (C=O) groups excluding carboxylic acids is 1. The molecule has 0 aromatic heterocycles. The molecule has 1 fully saturated rings. The molecule has 0 atom stereocenters. The van der Waals surface area contributed by atoms with Crippen molar-refractivity contribution in [2.45, 2.75) is 0 Å². The molecule has 1 aliphatic heterocycles. The van der Waals surface area contributed by atoms with Gasteiger partial charge in [0, 0.05) is 0 Å². The summed E-state index contributed by atoms with van der Waals surface area (Å²) in [5.41, 5.74) is 1.18. The molecular formula is C12H11BrN2O3S. The van der Waals surface area contributed by atoms with Crippen LogP contribution < -0.4 is 20.1 Å². The van der Waals surface area contributed by atoms with E-state index in [2.05, 4.69) is 26.6 Å². The number of ether oxygens (including phenoxy) is 2. The van der Waals surface area contributed by atoms with Gasteiger partial charge in [0.15, 0.2) is 16.6 Å². The Morgan fingerprint density at radius 3 is 2.53 bits per heavy atom. The molecule has 1 saturated heterocycles. The number of rotatable bonds is 3. The third kappa shape index (κ3) is 2.87. The predicted octanol–water partition coefficient (Wildman–Crippen LogP) is 1.81. The van der Waals surface area contributed by atoms with Crippen molar-refractivity contribution >= 4 is 45.2 Å². The summed E-state index contributed by atoms with van der Waals surface area (Å²) in [4.78, 5) is 11.6. The van der Waals surface area contributed by atoms with Crippen LogP contribution in [0, 0.1) is 0 Å². The summed E-state index contributed by atoms with van der Waals surface area (Å²) in [7, 11) is 3.11. The first-order valence-electron chi connectivity index (χ1n) is 5.30. The van der Waals surface area contributed by atoms with Crippen LogP contribution in [-0.4, -0.2) is 25.2 Å². The van der Waals surface area contributed by atoms with E-state index in [1.165, 1.54) is 0 Å². The third-order valence-electron chi connectivity index (χ3n) is 2.49. The van der Waals surface area contributed by atoms with Crippen LogP contribution in [0.1, 0.15) is 5.56 Å². The maximum absolute atomic E-state index is 11.6. The molecule has 19 heavy (non-hydrogen) atoms. The van der Waals surface area contributed by atoms with Crippen molar-refractivity contribution in [3.8, 4) is 11.5 Å². The van der Waals surface area contributed by atoms with E-state index in [1.807, 2.05) is 6.07 Å². The average Bonchev–Trinajstić information content (AvgIpc) is 2.67. The molecule has 1 aromatic rings. The smallest absolute Gasteiger partial charge is 0.273 e. The number of carbonyl (C=O) groups is 1. The molecule has 2 rings (SSSR count). The second kappa shape index (κ2) is 5.58. The van der Waals surface area contributed by atoms with Crippen molar-refractivity contribution in [2.75, 3.05) is 14.2 Å². The quantitative estimate of drug-likeness (QED) is 0.648. The largest absolute Gasteiger partial charge is 0.493 e. The zero-order chi connectivity index (χ0) is 14.0. The second-order valence-corrected chi connectivity index (χ2v) is 4.97. The first-order chi connectivity index (χ1) is 9.05. The first kappa shape index (κ1) is 13.8. The molecular weight excluding hydrogens is 332 g/mol. The lowest BCUT2D eigenvalue weighted by molar-refractivity contribution is -0.115. The summed E-state index contributed by atoms with van der Waals surface area (Å²) in [6.07, 6.45) is 1.68. The number of nitrogens with one attached hydrogen (secondary N) is 2. The van der Waals surface area contributed by atoms with E-state index in [0.29, 0.717) is 22.3 Å². The molecule has 0 bridgehead atoms. The van der Waals surface area contributed by atoms with E-state index >= 15 is 0 Å². The summed E-state index contributed by atoms with van der Waals surface area (Å²) >= 11 is 8.26. The minimum atomic E-state index is -0.254. The van der Waals surface area contributed by atoms with E-state index in [1.54, 1.807) is 26.4 Å². The van der Waals surface area contributed by atoms with Crippen molar-refractivity contribution < 1.29 is 14.3 Å². The Hall–Kier alpha value is -1.60. The Bertz CT molecular complexity index is 587. The standard InChI is InChI=1S/C12H11BrN2O3S/c1-17-9-5-6(3-7(13)10(9)18-2)4-8-11(16)15-12(19)14-8/h3-5H,1-2H3,(H2,14,15,16,19). The Balaban J connectivity index is 2.42. The van der Waals surface area contributed by atoms with Crippen LogP contribution in [0.2, 0.25) is 0 Å². The lowest BCUT2D eigenvalue weighted by Crippen LogP contribution is -2.21. The fraction of sp³-hybridized carbons (Fsp3) is 0.167. The maximum Gasteiger partial charge on any atom is 0.273 e. The molecule has 2 N–H and O–H groups in total. The molecule has 0 unspecified atom stereocenters. The van der Waals surface area contributed by atoms with Crippen molar-refractivity contribution in [2.24, 2.45) is 0 Å². The van der Waals surface area contributed by atoms with Crippen molar-refractivity contribution in [1.82, 2.24) is 10.6 Å². The second-order valence-electron chi connectivity index (χ2n) is 3.70. The van der Waals surface area contributed by atoms with Crippen LogP contribution in [0.25, 0.3) is 6.08 Å². The summed E-state index contributed by atoms with van der Waals surface area (Å²) in [5.74, 6) is 0.921. The summed E-state index contributed by atoms with van der Waals surface area (Å²) < 4.78 is 11.2. The Labute approximate surface area is 124 Å². The predicted molar refractivity (Wildman–Crippen MR) is 79.1 cm³/mol. The third-order valence-corrected chi connectivity index (χ3v) is 3.28. The minimum absolute atomic E-state index is 0.254. The molecule has 0 aliphatic carbocycles. The van der Waals surface area contributed by atoms with Gasteiger partial charge in [-0.3, -0.25) is 10.1 Å². The summed E-state index contributed by atoms with van der Waals surface area (Å²) in [6, 6.07) is 3.59. The number of benzene rings is 1. The maximum atomic E-state index is 11.6. The number of thiocarbonyl (C=S) groups is 1. The van der Waals surface area contributed by atoms with E-state index in [-0.39, 0.29) is 5.91 Å². The van der Waals surface area contributed by atoms with Crippen molar-refractivity contribution in [3.63, 3.8) is 0 Å². The zero-order valence-corrected chi connectivity index (χ0v) is 12.6.